The molecule has 0 aromatic heterocycles. The van der Waals surface area contributed by atoms with Gasteiger partial charge in [-0.3, -0.25) is 9.59 Å². The largest absolute Gasteiger partial charge is 0.481 e. The highest BCUT2D eigenvalue weighted by molar-refractivity contribution is 5.94. The van der Waals surface area contributed by atoms with Crippen molar-refractivity contribution in [1.82, 2.24) is 0 Å². The molecule has 2 N–H and O–H groups in total. The molecule has 2 atom stereocenters. The van der Waals surface area contributed by atoms with E-state index in [2.05, 4.69) is 5.32 Å². The molecule has 2 unspecified atom stereocenters. The Morgan fingerprint density at radius 2 is 1.84 bits per heavy atom. The summed E-state index contributed by atoms with van der Waals surface area (Å²) >= 11 is 0. The number of carboxylic acid groups (broad SMARTS) is 1. The van der Waals surface area contributed by atoms with E-state index in [1.807, 2.05) is 6.07 Å². The van der Waals surface area contributed by atoms with Crippen molar-refractivity contribution in [2.24, 2.45) is 11.8 Å². The zero-order chi connectivity index (χ0) is 14.4. The number of nitrogens with zero attached hydrogens (tertiary/aromatic N) is 1. The highest BCUT2D eigenvalue weighted by Crippen LogP contribution is 2.16. The van der Waals surface area contributed by atoms with Crippen LogP contribution in [0.4, 0.5) is 5.69 Å². The SMILES string of the molecule is CC(C(=O)O)C(C)C(=O)Nc1ccc(CC#N)cc1. The molecule has 1 aromatic carbocycles. The number of hydrogen-bond acceptors (Lipinski definition) is 3. The lowest BCUT2D eigenvalue weighted by Crippen LogP contribution is -2.29. The van der Waals surface area contributed by atoms with Crippen LogP contribution in [0.3, 0.4) is 0 Å². The van der Waals surface area contributed by atoms with Gasteiger partial charge in [0.2, 0.25) is 5.91 Å². The highest BCUT2D eigenvalue weighted by Gasteiger charge is 2.25. The van der Waals surface area contributed by atoms with Gasteiger partial charge >= 0.3 is 5.97 Å². The van der Waals surface area contributed by atoms with Crippen molar-refractivity contribution in [1.29, 1.82) is 5.26 Å². The zero-order valence-electron chi connectivity index (χ0n) is 10.9. The van der Waals surface area contributed by atoms with Gasteiger partial charge in [0.1, 0.15) is 0 Å². The van der Waals surface area contributed by atoms with Crippen LogP contribution < -0.4 is 5.32 Å². The second kappa shape index (κ2) is 6.55. The fourth-order valence-corrected chi connectivity index (χ4v) is 1.49. The van der Waals surface area contributed by atoms with Crippen LogP contribution in [0, 0.1) is 23.2 Å². The number of carbonyl (C=O) groups is 2. The lowest BCUT2D eigenvalue weighted by molar-refractivity contribution is -0.145. The van der Waals surface area contributed by atoms with E-state index in [9.17, 15) is 9.59 Å². The van der Waals surface area contributed by atoms with Gasteiger partial charge in [-0.1, -0.05) is 26.0 Å². The fourth-order valence-electron chi connectivity index (χ4n) is 1.49. The minimum atomic E-state index is -0.994. The van der Waals surface area contributed by atoms with Crippen molar-refractivity contribution in [3.8, 4) is 6.07 Å². The van der Waals surface area contributed by atoms with E-state index in [1.165, 1.54) is 6.92 Å². The summed E-state index contributed by atoms with van der Waals surface area (Å²) in [7, 11) is 0. The van der Waals surface area contributed by atoms with Gasteiger partial charge in [-0.25, -0.2) is 0 Å². The number of nitriles is 1. The van der Waals surface area contributed by atoms with Crippen molar-refractivity contribution in [2.45, 2.75) is 20.3 Å². The summed E-state index contributed by atoms with van der Waals surface area (Å²) in [6.07, 6.45) is 0.320. The molecule has 0 aliphatic heterocycles. The van der Waals surface area contributed by atoms with Crippen molar-refractivity contribution < 1.29 is 14.7 Å². The Labute approximate surface area is 111 Å². The Bertz CT molecular complexity index is 502. The molecule has 0 radical (unpaired) electrons. The van der Waals surface area contributed by atoms with Gasteiger partial charge in [-0.2, -0.15) is 5.26 Å². The third-order valence-corrected chi connectivity index (χ3v) is 3.06. The van der Waals surface area contributed by atoms with Crippen LogP contribution in [-0.4, -0.2) is 17.0 Å². The Morgan fingerprint density at radius 1 is 1.26 bits per heavy atom. The molecule has 100 valence electrons. The number of rotatable bonds is 5. The van der Waals surface area contributed by atoms with Crippen molar-refractivity contribution in [3.05, 3.63) is 29.8 Å². The van der Waals surface area contributed by atoms with E-state index in [0.717, 1.165) is 5.56 Å². The summed E-state index contributed by atoms with van der Waals surface area (Å²) in [5.74, 6) is -2.68. The molecule has 0 heterocycles. The maximum Gasteiger partial charge on any atom is 0.307 e. The molecular weight excluding hydrogens is 244 g/mol. The molecule has 0 bridgehead atoms. The first kappa shape index (κ1) is 14.7. The minimum absolute atomic E-state index is 0.320. The summed E-state index contributed by atoms with van der Waals surface area (Å²) in [6.45, 7) is 3.08. The molecule has 1 rings (SSSR count). The van der Waals surface area contributed by atoms with Gasteiger partial charge in [0.25, 0.3) is 0 Å². The number of hydrogen-bond donors (Lipinski definition) is 2. The summed E-state index contributed by atoms with van der Waals surface area (Å²) in [4.78, 5) is 22.6. The van der Waals surface area contributed by atoms with Crippen LogP contribution in [0.1, 0.15) is 19.4 Å². The summed E-state index contributed by atoms with van der Waals surface area (Å²) in [6, 6.07) is 8.94. The van der Waals surface area contributed by atoms with Crippen molar-refractivity contribution in [2.75, 3.05) is 5.32 Å². The average Bonchev–Trinajstić information content (AvgIpc) is 2.39. The zero-order valence-corrected chi connectivity index (χ0v) is 10.9. The third kappa shape index (κ3) is 4.11. The third-order valence-electron chi connectivity index (χ3n) is 3.06. The van der Waals surface area contributed by atoms with Crippen LogP contribution >= 0.6 is 0 Å². The molecule has 0 saturated carbocycles. The van der Waals surface area contributed by atoms with Gasteiger partial charge < -0.3 is 10.4 Å². The predicted molar refractivity (Wildman–Crippen MR) is 70.4 cm³/mol. The van der Waals surface area contributed by atoms with Gasteiger partial charge in [0.15, 0.2) is 0 Å². The van der Waals surface area contributed by atoms with Crippen LogP contribution in [0.25, 0.3) is 0 Å². The molecule has 0 fully saturated rings. The number of nitrogens with one attached hydrogen (secondary N) is 1. The van der Waals surface area contributed by atoms with Crippen molar-refractivity contribution in [3.63, 3.8) is 0 Å². The van der Waals surface area contributed by atoms with Gasteiger partial charge in [0.05, 0.1) is 18.4 Å². The Balaban J connectivity index is 2.67. The molecule has 0 spiro atoms. The van der Waals surface area contributed by atoms with E-state index in [-0.39, 0.29) is 5.91 Å². The quantitative estimate of drug-likeness (QED) is 0.847. The van der Waals surface area contributed by atoms with E-state index >= 15 is 0 Å². The summed E-state index contributed by atoms with van der Waals surface area (Å²) in [5, 5.41) is 20.1. The Kier molecular flexibility index (Phi) is 5.07. The van der Waals surface area contributed by atoms with Crippen molar-refractivity contribution >= 4 is 17.6 Å². The minimum Gasteiger partial charge on any atom is -0.481 e. The van der Waals surface area contributed by atoms with E-state index in [1.54, 1.807) is 31.2 Å². The molecular formula is C14H16N2O3. The lowest BCUT2D eigenvalue weighted by Gasteiger charge is -2.15. The van der Waals surface area contributed by atoms with Crippen LogP contribution in [0.2, 0.25) is 0 Å². The summed E-state index contributed by atoms with van der Waals surface area (Å²) < 4.78 is 0. The molecule has 0 aliphatic rings. The Morgan fingerprint density at radius 3 is 2.32 bits per heavy atom. The molecule has 1 aromatic rings. The van der Waals surface area contributed by atoms with Crippen LogP contribution in [-0.2, 0) is 16.0 Å². The number of anilines is 1. The van der Waals surface area contributed by atoms with Gasteiger partial charge in [-0.15, -0.1) is 0 Å². The van der Waals surface area contributed by atoms with Crippen LogP contribution in [0.15, 0.2) is 24.3 Å². The van der Waals surface area contributed by atoms with E-state index in [4.69, 9.17) is 10.4 Å². The second-order valence-corrected chi connectivity index (χ2v) is 4.44. The lowest BCUT2D eigenvalue weighted by atomic mass is 9.95. The number of carbonyl (C=O) groups excluding carboxylic acids is 1. The molecule has 5 nitrogen and oxygen atoms in total. The standard InChI is InChI=1S/C14H16N2O3/c1-9(10(2)14(18)19)13(17)16-12-5-3-11(4-6-12)7-8-15/h3-6,9-10H,7H2,1-2H3,(H,16,17)(H,18,19). The maximum absolute atomic E-state index is 11.8. The molecule has 0 saturated heterocycles. The number of aliphatic carboxylic acids is 1. The monoisotopic (exact) mass is 260 g/mol. The number of carboxylic acids is 1. The molecule has 19 heavy (non-hydrogen) atoms. The topological polar surface area (TPSA) is 90.2 Å². The van der Waals surface area contributed by atoms with Gasteiger partial charge in [0, 0.05) is 11.6 Å². The summed E-state index contributed by atoms with van der Waals surface area (Å²) in [5.41, 5.74) is 1.46. The number of amides is 1. The average molecular weight is 260 g/mol. The number of benzene rings is 1. The van der Waals surface area contributed by atoms with E-state index in [0.29, 0.717) is 12.1 Å². The first-order chi connectivity index (χ1) is 8.95. The van der Waals surface area contributed by atoms with Gasteiger partial charge in [-0.05, 0) is 17.7 Å². The normalized spacial score (nSPS) is 13.1. The molecule has 5 heteroatoms. The highest BCUT2D eigenvalue weighted by atomic mass is 16.4. The Hall–Kier alpha value is -2.35. The maximum atomic E-state index is 11.8. The smallest absolute Gasteiger partial charge is 0.307 e. The molecule has 0 aliphatic carbocycles. The molecule has 1 amide bonds. The first-order valence-electron chi connectivity index (χ1n) is 5.95. The fraction of sp³-hybridized carbons (Fsp3) is 0.357. The van der Waals surface area contributed by atoms with E-state index < -0.39 is 17.8 Å². The predicted octanol–water partition coefficient (Wildman–Crippen LogP) is 2.05. The van der Waals surface area contributed by atoms with Crippen LogP contribution in [0.5, 0.6) is 0 Å². The first-order valence-corrected chi connectivity index (χ1v) is 5.95. The second-order valence-electron chi connectivity index (χ2n) is 4.44.